The largest absolute Gasteiger partial charge is 0.493 e. The van der Waals surface area contributed by atoms with Gasteiger partial charge in [-0.1, -0.05) is 12.1 Å². The molecule has 0 bridgehead atoms. The molecule has 24 heavy (non-hydrogen) atoms. The van der Waals surface area contributed by atoms with Crippen molar-refractivity contribution in [3.8, 4) is 11.5 Å². The van der Waals surface area contributed by atoms with E-state index in [1.807, 2.05) is 13.0 Å². The van der Waals surface area contributed by atoms with Gasteiger partial charge in [-0.05, 0) is 58.6 Å². The Labute approximate surface area is 159 Å². The Bertz CT molecular complexity index is 469. The molecule has 6 heteroatoms. The van der Waals surface area contributed by atoms with Crippen molar-refractivity contribution in [2.45, 2.75) is 26.3 Å². The highest BCUT2D eigenvalue weighted by molar-refractivity contribution is 5.85. The molecule has 140 valence electrons. The number of nitrogens with zero attached hydrogens (tertiary/aromatic N) is 1. The molecule has 0 heterocycles. The molecule has 0 fully saturated rings. The maximum Gasteiger partial charge on any atom is 0.164 e. The average Bonchev–Trinajstić information content (AvgIpc) is 2.49. The van der Waals surface area contributed by atoms with Gasteiger partial charge in [-0.3, -0.25) is 0 Å². The number of hydrogen-bond acceptors (Lipinski definition) is 4. The minimum absolute atomic E-state index is 0. The maximum absolute atomic E-state index is 5.74. The van der Waals surface area contributed by atoms with Crippen LogP contribution in [0, 0.1) is 0 Å². The quantitative estimate of drug-likeness (QED) is 0.470. The van der Waals surface area contributed by atoms with Gasteiger partial charge in [0.05, 0.1) is 13.7 Å². The van der Waals surface area contributed by atoms with Gasteiger partial charge in [0.25, 0.3) is 0 Å². The summed E-state index contributed by atoms with van der Waals surface area (Å²) in [7, 11) is 5.88. The van der Waals surface area contributed by atoms with E-state index >= 15 is 0 Å². The number of methoxy groups -OCH3 is 1. The third-order valence-corrected chi connectivity index (χ3v) is 3.35. The Hall–Kier alpha value is -0.940. The van der Waals surface area contributed by atoms with Gasteiger partial charge in [0, 0.05) is 12.1 Å². The standard InChI is InChI=1S/C18H30N2O2.2ClH/c1-6-9-16-12-15(14-19-10-8-11-20(3)4)13-17(21-5)18(16)22-7-2;;/h6,12-13,19H,1,7-11,14H2,2-5H3;2*1H. The van der Waals surface area contributed by atoms with E-state index in [-0.39, 0.29) is 24.8 Å². The molecule has 0 aliphatic rings. The van der Waals surface area contributed by atoms with Crippen LogP contribution >= 0.6 is 24.8 Å². The molecule has 0 amide bonds. The monoisotopic (exact) mass is 378 g/mol. The molecule has 0 aliphatic heterocycles. The summed E-state index contributed by atoms with van der Waals surface area (Å²) in [4.78, 5) is 2.20. The molecular formula is C18H32Cl2N2O2. The van der Waals surface area contributed by atoms with Crippen LogP contribution in [0.2, 0.25) is 0 Å². The summed E-state index contributed by atoms with van der Waals surface area (Å²) in [6, 6.07) is 4.23. The molecule has 0 saturated heterocycles. The Kier molecular flexibility index (Phi) is 15.2. The van der Waals surface area contributed by atoms with Crippen LogP contribution in [-0.4, -0.2) is 45.8 Å². The molecule has 0 unspecified atom stereocenters. The fraction of sp³-hybridized carbons (Fsp3) is 0.556. The lowest BCUT2D eigenvalue weighted by Gasteiger charge is -2.16. The van der Waals surface area contributed by atoms with Crippen molar-refractivity contribution in [1.82, 2.24) is 10.2 Å². The Morgan fingerprint density at radius 1 is 1.25 bits per heavy atom. The van der Waals surface area contributed by atoms with Crippen molar-refractivity contribution in [3.05, 3.63) is 35.9 Å². The zero-order valence-electron chi connectivity index (χ0n) is 15.3. The summed E-state index contributed by atoms with van der Waals surface area (Å²) < 4.78 is 11.2. The fourth-order valence-corrected chi connectivity index (χ4v) is 2.35. The molecule has 0 atom stereocenters. The first-order chi connectivity index (χ1) is 10.6. The summed E-state index contributed by atoms with van der Waals surface area (Å²) in [6.07, 6.45) is 3.81. The summed E-state index contributed by atoms with van der Waals surface area (Å²) in [5.41, 5.74) is 2.34. The van der Waals surface area contributed by atoms with Crippen LogP contribution in [0.5, 0.6) is 11.5 Å². The van der Waals surface area contributed by atoms with Crippen LogP contribution in [0.4, 0.5) is 0 Å². The topological polar surface area (TPSA) is 33.7 Å². The minimum atomic E-state index is 0. The molecule has 0 saturated carbocycles. The van der Waals surface area contributed by atoms with E-state index in [0.29, 0.717) is 6.61 Å². The van der Waals surface area contributed by atoms with E-state index in [9.17, 15) is 0 Å². The maximum atomic E-state index is 5.74. The Morgan fingerprint density at radius 3 is 2.50 bits per heavy atom. The third kappa shape index (κ3) is 8.78. The first kappa shape index (κ1) is 25.3. The van der Waals surface area contributed by atoms with Crippen molar-refractivity contribution in [2.75, 3.05) is 40.9 Å². The van der Waals surface area contributed by atoms with E-state index in [0.717, 1.165) is 49.5 Å². The number of halogens is 2. The van der Waals surface area contributed by atoms with Crippen molar-refractivity contribution in [3.63, 3.8) is 0 Å². The van der Waals surface area contributed by atoms with Crippen LogP contribution in [0.1, 0.15) is 24.5 Å². The number of hydrogen-bond donors (Lipinski definition) is 1. The smallest absolute Gasteiger partial charge is 0.164 e. The highest BCUT2D eigenvalue weighted by atomic mass is 35.5. The van der Waals surface area contributed by atoms with Gasteiger partial charge in [-0.15, -0.1) is 31.4 Å². The number of rotatable bonds is 11. The predicted octanol–water partition coefficient (Wildman–Crippen LogP) is 3.71. The lowest BCUT2D eigenvalue weighted by molar-refractivity contribution is 0.308. The molecule has 1 N–H and O–H groups in total. The molecule has 0 spiro atoms. The highest BCUT2D eigenvalue weighted by Crippen LogP contribution is 2.33. The molecule has 1 aromatic carbocycles. The van der Waals surface area contributed by atoms with E-state index in [1.54, 1.807) is 7.11 Å². The third-order valence-electron chi connectivity index (χ3n) is 3.35. The molecule has 4 nitrogen and oxygen atoms in total. The lowest BCUT2D eigenvalue weighted by atomic mass is 10.1. The molecule has 1 rings (SSSR count). The normalized spacial score (nSPS) is 9.88. The fourth-order valence-electron chi connectivity index (χ4n) is 2.35. The van der Waals surface area contributed by atoms with E-state index in [1.165, 1.54) is 5.56 Å². The lowest BCUT2D eigenvalue weighted by Crippen LogP contribution is -2.21. The first-order valence-corrected chi connectivity index (χ1v) is 7.91. The van der Waals surface area contributed by atoms with Gasteiger partial charge in [0.2, 0.25) is 0 Å². The van der Waals surface area contributed by atoms with Gasteiger partial charge >= 0.3 is 0 Å². The van der Waals surface area contributed by atoms with Crippen molar-refractivity contribution >= 4 is 24.8 Å². The molecule has 1 aromatic rings. The minimum Gasteiger partial charge on any atom is -0.493 e. The van der Waals surface area contributed by atoms with Crippen molar-refractivity contribution < 1.29 is 9.47 Å². The summed E-state index contributed by atoms with van der Waals surface area (Å²) in [5.74, 6) is 1.63. The van der Waals surface area contributed by atoms with Crippen LogP contribution in [0.15, 0.2) is 24.8 Å². The van der Waals surface area contributed by atoms with Gasteiger partial charge in [-0.2, -0.15) is 0 Å². The summed E-state index contributed by atoms with van der Waals surface area (Å²) in [5, 5.41) is 3.48. The number of allylic oxidation sites excluding steroid dienone is 1. The van der Waals surface area contributed by atoms with Crippen LogP contribution < -0.4 is 14.8 Å². The van der Waals surface area contributed by atoms with Crippen molar-refractivity contribution in [2.24, 2.45) is 0 Å². The van der Waals surface area contributed by atoms with Gasteiger partial charge < -0.3 is 19.7 Å². The van der Waals surface area contributed by atoms with E-state index in [2.05, 4.69) is 43.0 Å². The summed E-state index contributed by atoms with van der Waals surface area (Å²) in [6.45, 7) is 9.38. The van der Waals surface area contributed by atoms with E-state index in [4.69, 9.17) is 9.47 Å². The first-order valence-electron chi connectivity index (χ1n) is 7.91. The Morgan fingerprint density at radius 2 is 1.96 bits per heavy atom. The average molecular weight is 379 g/mol. The number of nitrogens with one attached hydrogen (secondary N) is 1. The molecular weight excluding hydrogens is 347 g/mol. The van der Waals surface area contributed by atoms with Crippen LogP contribution in [0.25, 0.3) is 0 Å². The van der Waals surface area contributed by atoms with Gasteiger partial charge in [0.15, 0.2) is 11.5 Å². The summed E-state index contributed by atoms with van der Waals surface area (Å²) >= 11 is 0. The second-order valence-corrected chi connectivity index (χ2v) is 5.55. The second kappa shape index (κ2) is 14.4. The number of ether oxygens (including phenoxy) is 2. The molecule has 0 radical (unpaired) electrons. The van der Waals surface area contributed by atoms with E-state index < -0.39 is 0 Å². The van der Waals surface area contributed by atoms with Crippen LogP contribution in [0.3, 0.4) is 0 Å². The van der Waals surface area contributed by atoms with Gasteiger partial charge in [-0.25, -0.2) is 0 Å². The van der Waals surface area contributed by atoms with Gasteiger partial charge in [0.1, 0.15) is 0 Å². The predicted molar refractivity (Wildman–Crippen MR) is 107 cm³/mol. The molecule has 0 aliphatic carbocycles. The highest BCUT2D eigenvalue weighted by Gasteiger charge is 2.12. The second-order valence-electron chi connectivity index (χ2n) is 5.55. The Balaban J connectivity index is 0. The number of benzene rings is 1. The van der Waals surface area contributed by atoms with Crippen LogP contribution in [-0.2, 0) is 13.0 Å². The van der Waals surface area contributed by atoms with Crippen molar-refractivity contribution in [1.29, 1.82) is 0 Å². The zero-order valence-corrected chi connectivity index (χ0v) is 16.9. The SMILES string of the molecule is C=CCc1cc(CNCCCN(C)C)cc(OC)c1OCC.Cl.Cl. The zero-order chi connectivity index (χ0) is 16.4. The molecule has 0 aromatic heterocycles.